The quantitative estimate of drug-likeness (QED) is 0.0735. The summed E-state index contributed by atoms with van der Waals surface area (Å²) in [6.45, 7) is 14.7. The molecule has 0 aromatic heterocycles. The molecule has 0 bridgehead atoms. The summed E-state index contributed by atoms with van der Waals surface area (Å²) in [6, 6.07) is 4.55. The van der Waals surface area contributed by atoms with Gasteiger partial charge in [0.1, 0.15) is 18.1 Å². The van der Waals surface area contributed by atoms with Crippen molar-refractivity contribution in [3.8, 4) is 0 Å². The van der Waals surface area contributed by atoms with Gasteiger partial charge in [-0.25, -0.2) is 0 Å². The van der Waals surface area contributed by atoms with Crippen LogP contribution in [0, 0.1) is 17.8 Å². The Balaban J connectivity index is 3.06. The lowest BCUT2D eigenvalue weighted by Gasteiger charge is -2.29. The van der Waals surface area contributed by atoms with Gasteiger partial charge in [-0.1, -0.05) is 91.6 Å². The molecule has 300 valence electrons. The van der Waals surface area contributed by atoms with E-state index in [2.05, 4.69) is 26.6 Å². The molecule has 5 amide bonds. The van der Waals surface area contributed by atoms with Crippen LogP contribution < -0.4 is 26.6 Å². The highest BCUT2D eigenvalue weighted by molar-refractivity contribution is 5.92. The molecule has 0 aliphatic rings. The fraction of sp³-hybridized carbons (Fsp3) is 0.692. The summed E-state index contributed by atoms with van der Waals surface area (Å²) >= 11 is 0. The van der Waals surface area contributed by atoms with Crippen molar-refractivity contribution >= 4 is 35.5 Å². The highest BCUT2D eigenvalue weighted by Crippen LogP contribution is 2.15. The Morgan fingerprint density at radius 3 is 1.62 bits per heavy atom. The predicted molar refractivity (Wildman–Crippen MR) is 202 cm³/mol. The Morgan fingerprint density at radius 1 is 0.604 bits per heavy atom. The molecule has 1 rings (SSSR count). The van der Waals surface area contributed by atoms with Crippen molar-refractivity contribution in [1.29, 1.82) is 0 Å². The first-order valence-corrected chi connectivity index (χ1v) is 18.9. The number of carboxylic acid groups (broad SMARTS) is 1. The fourth-order valence-electron chi connectivity index (χ4n) is 5.88. The van der Waals surface area contributed by atoms with Gasteiger partial charge in [0.15, 0.2) is 0 Å². The van der Waals surface area contributed by atoms with Crippen LogP contribution in [0.2, 0.25) is 0 Å². The number of carbonyl (C=O) groups excluding carboxylic acids is 5. The second-order valence-corrected chi connectivity index (χ2v) is 15.3. The number of hydrogen-bond acceptors (Lipinski definition) is 8. The first-order chi connectivity index (χ1) is 24.8. The number of amides is 5. The number of benzene rings is 1. The summed E-state index contributed by atoms with van der Waals surface area (Å²) < 4.78 is 0. The van der Waals surface area contributed by atoms with Crippen molar-refractivity contribution in [2.24, 2.45) is 17.8 Å². The minimum atomic E-state index is -1.34. The van der Waals surface area contributed by atoms with Crippen LogP contribution in [-0.4, -0.2) is 93.2 Å². The zero-order valence-corrected chi connectivity index (χ0v) is 32.8. The maximum atomic E-state index is 13.7. The Labute approximate surface area is 315 Å². The molecule has 0 aliphatic carbocycles. The maximum absolute atomic E-state index is 13.7. The second-order valence-electron chi connectivity index (χ2n) is 15.3. The van der Waals surface area contributed by atoms with Gasteiger partial charge in [0.25, 0.3) is 0 Å². The first-order valence-electron chi connectivity index (χ1n) is 18.9. The highest BCUT2D eigenvalue weighted by atomic mass is 16.4. The van der Waals surface area contributed by atoms with E-state index in [1.807, 2.05) is 78.8 Å². The molecule has 0 unspecified atom stereocenters. The summed E-state index contributed by atoms with van der Waals surface area (Å²) in [5.74, 6) is -3.70. The first kappa shape index (κ1) is 47.0. The molecular formula is C39H65N5O9. The van der Waals surface area contributed by atoms with Crippen LogP contribution in [-0.2, 0) is 35.2 Å². The zero-order valence-electron chi connectivity index (χ0n) is 32.8. The fourth-order valence-corrected chi connectivity index (χ4v) is 5.88. The van der Waals surface area contributed by atoms with E-state index in [9.17, 15) is 39.0 Å². The van der Waals surface area contributed by atoms with Gasteiger partial charge in [-0.2, -0.15) is 0 Å². The van der Waals surface area contributed by atoms with Crippen molar-refractivity contribution in [2.45, 2.75) is 156 Å². The number of unbranched alkanes of at least 4 members (excludes halogenated alkanes) is 1. The van der Waals surface area contributed by atoms with Crippen LogP contribution in [0.3, 0.4) is 0 Å². The number of carboxylic acids is 1. The number of rotatable bonds is 25. The van der Waals surface area contributed by atoms with E-state index in [0.29, 0.717) is 25.7 Å². The molecule has 53 heavy (non-hydrogen) atoms. The molecule has 0 aliphatic heterocycles. The third-order valence-electron chi connectivity index (χ3n) is 8.59. The van der Waals surface area contributed by atoms with E-state index in [-0.39, 0.29) is 36.5 Å². The van der Waals surface area contributed by atoms with Crippen LogP contribution in [0.25, 0.3) is 0 Å². The lowest BCUT2D eigenvalue weighted by atomic mass is 9.96. The average Bonchev–Trinajstić information content (AvgIpc) is 3.04. The molecule has 0 saturated carbocycles. The maximum Gasteiger partial charge on any atom is 0.306 e. The van der Waals surface area contributed by atoms with Crippen molar-refractivity contribution in [3.63, 3.8) is 0 Å². The van der Waals surface area contributed by atoms with E-state index >= 15 is 0 Å². The molecule has 0 saturated heterocycles. The third kappa shape index (κ3) is 19.6. The van der Waals surface area contributed by atoms with Gasteiger partial charge in [-0.15, -0.1) is 0 Å². The summed E-state index contributed by atoms with van der Waals surface area (Å²) in [4.78, 5) is 77.2. The Bertz CT molecular complexity index is 1310. The molecule has 0 spiro atoms. The number of nitrogens with one attached hydrogen (secondary N) is 5. The van der Waals surface area contributed by atoms with E-state index in [1.54, 1.807) is 0 Å². The van der Waals surface area contributed by atoms with E-state index < -0.39 is 84.9 Å². The third-order valence-corrected chi connectivity index (χ3v) is 8.59. The van der Waals surface area contributed by atoms with Gasteiger partial charge in [0.2, 0.25) is 29.5 Å². The molecule has 14 nitrogen and oxygen atoms in total. The van der Waals surface area contributed by atoms with Crippen LogP contribution >= 0.6 is 0 Å². The molecule has 7 atom stereocenters. The summed E-state index contributed by atoms with van der Waals surface area (Å²) in [5.41, 5.74) is 0.836. The molecule has 8 N–H and O–H groups in total. The number of carbonyl (C=O) groups is 6. The van der Waals surface area contributed by atoms with Crippen LogP contribution in [0.15, 0.2) is 30.3 Å². The number of aliphatic hydroxyl groups excluding tert-OH is 2. The number of aliphatic carboxylic acids is 1. The minimum absolute atomic E-state index is 0.00735. The van der Waals surface area contributed by atoms with Gasteiger partial charge in [0, 0.05) is 12.8 Å². The topological polar surface area (TPSA) is 223 Å². The zero-order chi connectivity index (χ0) is 40.2. The van der Waals surface area contributed by atoms with Gasteiger partial charge in [-0.05, 0) is 49.5 Å². The molecule has 0 fully saturated rings. The van der Waals surface area contributed by atoms with Gasteiger partial charge < -0.3 is 41.9 Å². The molecule has 14 heteroatoms. The Morgan fingerprint density at radius 2 is 1.11 bits per heavy atom. The second kappa shape index (κ2) is 24.3. The SMILES string of the molecule is CCCC[C@H](NC(=O)[C@H](Cc1ccccc1)NC(=O)CC(C)C)C(=O)N[C@H](CC(C)C)[C@H](O)CC(=O)N[C@H](C)C(=O)N[C@@H](CC(C)C)[C@@H](O)CC(=O)O. The van der Waals surface area contributed by atoms with Crippen LogP contribution in [0.1, 0.15) is 112 Å². The van der Waals surface area contributed by atoms with Gasteiger partial charge >= 0.3 is 5.97 Å². The van der Waals surface area contributed by atoms with Crippen molar-refractivity contribution in [2.75, 3.05) is 0 Å². The molecule has 0 heterocycles. The molecule has 0 radical (unpaired) electrons. The van der Waals surface area contributed by atoms with E-state index in [4.69, 9.17) is 5.11 Å². The van der Waals surface area contributed by atoms with E-state index in [1.165, 1.54) is 6.92 Å². The molecular weight excluding hydrogens is 682 g/mol. The summed E-state index contributed by atoms with van der Waals surface area (Å²) in [6.07, 6.45) is -0.910. The van der Waals surface area contributed by atoms with Crippen molar-refractivity contribution in [1.82, 2.24) is 26.6 Å². The molecule has 1 aromatic rings. The Hall–Kier alpha value is -4.04. The largest absolute Gasteiger partial charge is 0.481 e. The predicted octanol–water partition coefficient (Wildman–Crippen LogP) is 2.59. The summed E-state index contributed by atoms with van der Waals surface area (Å²) in [7, 11) is 0. The average molecular weight is 748 g/mol. The molecule has 1 aromatic carbocycles. The van der Waals surface area contributed by atoms with Gasteiger partial charge in [0.05, 0.1) is 37.1 Å². The van der Waals surface area contributed by atoms with Gasteiger partial charge in [-0.3, -0.25) is 28.8 Å². The lowest BCUT2D eigenvalue weighted by molar-refractivity contribution is -0.140. The normalized spacial score (nSPS) is 15.4. The van der Waals surface area contributed by atoms with Crippen LogP contribution in [0.5, 0.6) is 0 Å². The Kier molecular flexibility index (Phi) is 21.5. The smallest absolute Gasteiger partial charge is 0.306 e. The van der Waals surface area contributed by atoms with Crippen molar-refractivity contribution in [3.05, 3.63) is 35.9 Å². The standard InChI is InChI=1S/C39H65N5O9/c1-9-10-16-28(42-39(53)31(41-34(47)19-25(6)7)20-27-14-12-11-13-15-27)38(52)44-29(17-23(2)3)32(45)21-35(48)40-26(8)37(51)43-30(18-24(4)5)33(46)22-36(49)50/h11-15,23-26,28-33,45-46H,9-10,16-22H2,1-8H3,(H,40,48)(H,41,47)(H,42,53)(H,43,51)(H,44,52)(H,49,50)/t26-,28+,29-,30+,31+,32-,33+/m1/s1. The van der Waals surface area contributed by atoms with Crippen LogP contribution in [0.4, 0.5) is 0 Å². The summed E-state index contributed by atoms with van der Waals surface area (Å²) in [5, 5.41) is 44.3. The highest BCUT2D eigenvalue weighted by Gasteiger charge is 2.32. The lowest BCUT2D eigenvalue weighted by Crippen LogP contribution is -2.57. The van der Waals surface area contributed by atoms with Crippen molar-refractivity contribution < 1.29 is 44.1 Å². The number of aliphatic hydroxyl groups is 2. The monoisotopic (exact) mass is 747 g/mol. The van der Waals surface area contributed by atoms with E-state index in [0.717, 1.165) is 12.0 Å². The number of hydrogen-bond donors (Lipinski definition) is 8. The minimum Gasteiger partial charge on any atom is -0.481 e.